The lowest BCUT2D eigenvalue weighted by molar-refractivity contribution is -0.347. The first kappa shape index (κ1) is 72.6. The Kier molecular flexibility index (Phi) is 27.3. The summed E-state index contributed by atoms with van der Waals surface area (Å²) in [5, 5.41) is 22.7. The van der Waals surface area contributed by atoms with Crippen LogP contribution in [0.2, 0.25) is 40.3 Å². The molecule has 3 aliphatic heterocycles. The van der Waals surface area contributed by atoms with Crippen LogP contribution in [0.25, 0.3) is 0 Å². The SMILES string of the molecule is CC[C@H](/C=C(\C)C[C@H](C)C[C@H](OC)[C@H]1O[C@@](O)(C(O)C(=O)OC)[C@H](C)C[C@@H]1OC)[C@@H]1C[C@@H]([C@@H](C)[C@H](OC(=O)[C@@H]2CCCC(OC)=N2)/C(C)=C/[C@@H]2CC[C@@H](O[Si](C)(C)C(C)(C)C)[C@H](OC)C2)O[Si](C(C)C)(C(C)C)O[Si](C(C)C)(C(C)C)O1. The quantitative estimate of drug-likeness (QED) is 0.0499. The number of rotatable bonds is 25. The van der Waals surface area contributed by atoms with E-state index in [4.69, 9.17) is 55.5 Å². The maximum absolute atomic E-state index is 14.7. The second-order valence-electron chi connectivity index (χ2n) is 27.8. The van der Waals surface area contributed by atoms with Crippen LogP contribution in [0.4, 0.5) is 0 Å². The molecular formula is C63H117NO15Si3. The van der Waals surface area contributed by atoms with Gasteiger partial charge in [0.05, 0.1) is 50.8 Å². The summed E-state index contributed by atoms with van der Waals surface area (Å²) in [5.41, 5.74) is 2.56. The molecule has 0 amide bonds. The molecule has 476 valence electrons. The molecule has 19 heteroatoms. The number of carbonyl (C=O) groups excluding carboxylic acids is 2. The van der Waals surface area contributed by atoms with Gasteiger partial charge in [0.25, 0.3) is 0 Å². The molecule has 0 aromatic carbocycles. The molecule has 4 rings (SSSR count). The van der Waals surface area contributed by atoms with Crippen molar-refractivity contribution in [1.82, 2.24) is 0 Å². The number of allylic oxidation sites excluding steroid dienone is 2. The van der Waals surface area contributed by atoms with Crippen LogP contribution in [0.5, 0.6) is 0 Å². The van der Waals surface area contributed by atoms with Crippen molar-refractivity contribution in [1.29, 1.82) is 0 Å². The summed E-state index contributed by atoms with van der Waals surface area (Å²) in [6, 6.07) is -0.671. The molecule has 2 saturated heterocycles. The van der Waals surface area contributed by atoms with Crippen LogP contribution in [-0.4, -0.2) is 156 Å². The number of aliphatic hydroxyl groups excluding tert-OH is 1. The van der Waals surface area contributed by atoms with E-state index in [2.05, 4.69) is 136 Å². The highest BCUT2D eigenvalue weighted by molar-refractivity contribution is 6.84. The van der Waals surface area contributed by atoms with Crippen LogP contribution in [0.15, 0.2) is 28.3 Å². The van der Waals surface area contributed by atoms with Crippen molar-refractivity contribution >= 4 is 43.3 Å². The smallest absolute Gasteiger partial charge is 0.340 e. The average Bonchev–Trinajstić information content (AvgIpc) is 3.39. The molecule has 0 aromatic heterocycles. The number of carbonyl (C=O) groups is 2. The lowest BCUT2D eigenvalue weighted by atomic mass is 9.81. The minimum Gasteiger partial charge on any atom is -0.484 e. The normalized spacial score (nSPS) is 31.1. The monoisotopic (exact) mass is 1210 g/mol. The van der Waals surface area contributed by atoms with Gasteiger partial charge in [-0.3, -0.25) is 0 Å². The van der Waals surface area contributed by atoms with Gasteiger partial charge in [0.1, 0.15) is 12.2 Å². The molecule has 16 atom stereocenters. The molecule has 0 aromatic rings. The Hall–Kier alpha value is -1.86. The lowest BCUT2D eigenvalue weighted by Crippen LogP contribution is -2.66. The number of esters is 2. The Morgan fingerprint density at radius 1 is 0.829 bits per heavy atom. The van der Waals surface area contributed by atoms with Gasteiger partial charge in [-0.1, -0.05) is 122 Å². The molecule has 2 N–H and O–H groups in total. The Morgan fingerprint density at radius 3 is 1.93 bits per heavy atom. The van der Waals surface area contributed by atoms with E-state index < -0.39 is 85.8 Å². The van der Waals surface area contributed by atoms with E-state index in [-0.39, 0.29) is 75.2 Å². The van der Waals surface area contributed by atoms with E-state index in [1.165, 1.54) is 5.57 Å². The zero-order valence-corrected chi connectivity index (χ0v) is 58.6. The standard InChI is InChI=1S/C63H117NO15Si3/c1-25-48(32-42(10)31-43(11)33-54(70-19)58-55(71-20)35-45(13)63(68,75-58)59(65)61(67)73-22)52-37-51(77-81(38(2)3,39(4)5)79-82(78-52,40(6)7)41(8)9)46(14)57(74-60(66)49-27-26-28-56(64-49)72-21)44(12)34-47-29-30-50(53(36-47)69-18)76-80(23,24)62(15,16)17/h32,34,38-41,43,45-55,57-59,65,68H,25-31,33,35-37H2,1-24H3/b42-32+,44-34+/t43-,45+,46+,47-,48+,49-,50+,51-,52-,53+,54-,55-,57+,58+,59?,63+/m0/s1. The zero-order valence-electron chi connectivity index (χ0n) is 55.6. The minimum atomic E-state index is -3.16. The maximum atomic E-state index is 14.7. The van der Waals surface area contributed by atoms with Crippen LogP contribution in [-0.2, 0) is 60.1 Å². The fourth-order valence-corrected chi connectivity index (χ4v) is 26.2. The van der Waals surface area contributed by atoms with Crippen molar-refractivity contribution in [2.45, 2.75) is 295 Å². The highest BCUT2D eigenvalue weighted by Crippen LogP contribution is 2.50. The Morgan fingerprint density at radius 2 is 1.41 bits per heavy atom. The molecule has 3 heterocycles. The van der Waals surface area contributed by atoms with E-state index in [0.29, 0.717) is 38.0 Å². The fourth-order valence-electron chi connectivity index (χ4n) is 13.3. The summed E-state index contributed by atoms with van der Waals surface area (Å²) >= 11 is 0. The molecule has 4 aliphatic rings. The van der Waals surface area contributed by atoms with Crippen molar-refractivity contribution in [3.05, 3.63) is 23.3 Å². The zero-order chi connectivity index (χ0) is 62.0. The number of ether oxygens (including phenoxy) is 7. The first-order valence-corrected chi connectivity index (χ1v) is 38.2. The summed E-state index contributed by atoms with van der Waals surface area (Å²) < 4.78 is 72.6. The van der Waals surface area contributed by atoms with Gasteiger partial charge in [-0.05, 0) is 136 Å². The number of hydrogen-bond donors (Lipinski definition) is 2. The summed E-state index contributed by atoms with van der Waals surface area (Å²) in [4.78, 5) is 31.9. The Balaban J connectivity index is 1.81. The van der Waals surface area contributed by atoms with Crippen molar-refractivity contribution < 1.29 is 70.4 Å². The summed E-state index contributed by atoms with van der Waals surface area (Å²) in [6.07, 6.45) is 7.20. The van der Waals surface area contributed by atoms with Crippen molar-refractivity contribution in [3.8, 4) is 0 Å². The first-order valence-electron chi connectivity index (χ1n) is 31.3. The molecule has 0 radical (unpaired) electrons. The third-order valence-corrected chi connectivity index (χ3v) is 34.3. The molecule has 1 aliphatic carbocycles. The van der Waals surface area contributed by atoms with Crippen LogP contribution in [0.3, 0.4) is 0 Å². The summed E-state index contributed by atoms with van der Waals surface area (Å²) in [7, 11) is -0.528. The number of hydrogen-bond acceptors (Lipinski definition) is 16. The van der Waals surface area contributed by atoms with Gasteiger partial charge in [-0.15, -0.1) is 0 Å². The van der Waals surface area contributed by atoms with E-state index >= 15 is 0 Å². The largest absolute Gasteiger partial charge is 0.484 e. The maximum Gasteiger partial charge on any atom is 0.340 e. The van der Waals surface area contributed by atoms with E-state index in [9.17, 15) is 19.8 Å². The van der Waals surface area contributed by atoms with Gasteiger partial charge in [0.2, 0.25) is 11.9 Å². The van der Waals surface area contributed by atoms with Gasteiger partial charge < -0.3 is 60.8 Å². The average molecular weight is 1210 g/mol. The topological polar surface area (TPSA) is 188 Å². The van der Waals surface area contributed by atoms with Crippen LogP contribution in [0.1, 0.15) is 188 Å². The molecule has 1 saturated carbocycles. The molecule has 16 nitrogen and oxygen atoms in total. The third-order valence-electron chi connectivity index (χ3n) is 19.5. The van der Waals surface area contributed by atoms with Crippen LogP contribution in [0, 0.1) is 29.6 Å². The number of aliphatic hydroxyl groups is 2. The molecule has 82 heavy (non-hydrogen) atoms. The van der Waals surface area contributed by atoms with Crippen LogP contribution >= 0.6 is 0 Å². The van der Waals surface area contributed by atoms with Crippen molar-refractivity contribution in [2.24, 2.45) is 34.6 Å². The predicted molar refractivity (Wildman–Crippen MR) is 332 cm³/mol. The highest BCUT2D eigenvalue weighted by atomic mass is 28.5. The van der Waals surface area contributed by atoms with Gasteiger partial charge in [-0.2, -0.15) is 0 Å². The number of nitrogens with zero attached hydrogens (tertiary/aromatic N) is 1. The molecule has 3 fully saturated rings. The Labute approximate surface area is 500 Å². The second-order valence-corrected chi connectivity index (χ2v) is 41.4. The number of methoxy groups -OCH3 is 5. The third kappa shape index (κ3) is 17.3. The van der Waals surface area contributed by atoms with E-state index in [0.717, 1.165) is 51.2 Å². The minimum absolute atomic E-state index is 0.0120. The van der Waals surface area contributed by atoms with Gasteiger partial charge in [0, 0.05) is 45.5 Å². The predicted octanol–water partition coefficient (Wildman–Crippen LogP) is 13.1. The lowest BCUT2D eigenvalue weighted by Gasteiger charge is -2.54. The van der Waals surface area contributed by atoms with Crippen LogP contribution < -0.4 is 0 Å². The summed E-state index contributed by atoms with van der Waals surface area (Å²) in [5.74, 6) is -3.70. The first-order chi connectivity index (χ1) is 38.1. The molecule has 0 bridgehead atoms. The summed E-state index contributed by atoms with van der Waals surface area (Å²) in [6.45, 7) is 42.1. The highest BCUT2D eigenvalue weighted by Gasteiger charge is 2.61. The molecular weight excluding hydrogens is 1090 g/mol. The molecule has 1 unspecified atom stereocenters. The van der Waals surface area contributed by atoms with E-state index in [1.807, 2.05) is 0 Å². The number of aliphatic imine (C=N–C) groups is 1. The fraction of sp³-hybridized carbons (Fsp3) is 0.889. The second kappa shape index (κ2) is 30.9. The molecule has 0 spiro atoms. The van der Waals surface area contributed by atoms with Gasteiger partial charge in [-0.25, -0.2) is 14.6 Å². The van der Waals surface area contributed by atoms with Crippen molar-refractivity contribution in [2.75, 3.05) is 35.5 Å². The Bertz CT molecular complexity index is 2100. The van der Waals surface area contributed by atoms with Crippen molar-refractivity contribution in [3.63, 3.8) is 0 Å². The van der Waals surface area contributed by atoms with Gasteiger partial charge in [0.15, 0.2) is 20.3 Å². The van der Waals surface area contributed by atoms with E-state index in [1.54, 1.807) is 35.4 Å². The van der Waals surface area contributed by atoms with Gasteiger partial charge >= 0.3 is 29.1 Å².